The van der Waals surface area contributed by atoms with Gasteiger partial charge in [0.1, 0.15) is 0 Å². The van der Waals surface area contributed by atoms with Crippen molar-refractivity contribution in [1.29, 1.82) is 0 Å². The second-order valence-electron chi connectivity index (χ2n) is 4.19. The van der Waals surface area contributed by atoms with E-state index in [1.54, 1.807) is 24.3 Å². The number of benzene rings is 2. The number of hydrogen-bond acceptors (Lipinski definition) is 3. The molecule has 0 bridgehead atoms. The third-order valence-electron chi connectivity index (χ3n) is 2.60. The predicted octanol–water partition coefficient (Wildman–Crippen LogP) is 2.26. The summed E-state index contributed by atoms with van der Waals surface area (Å²) in [7, 11) is -3.73. The zero-order chi connectivity index (χ0) is 15.3. The molecule has 0 saturated heterocycles. The van der Waals surface area contributed by atoms with Crippen molar-refractivity contribution in [1.82, 2.24) is 4.72 Å². The number of halogens is 1. The number of hydrogen-bond donors (Lipinski definition) is 2. The largest absolute Gasteiger partial charge is 0.325 e. The van der Waals surface area contributed by atoms with Gasteiger partial charge in [0.25, 0.3) is 0 Å². The lowest BCUT2D eigenvalue weighted by atomic mass is 10.3. The van der Waals surface area contributed by atoms with Crippen molar-refractivity contribution in [3.63, 3.8) is 0 Å². The van der Waals surface area contributed by atoms with Crippen molar-refractivity contribution < 1.29 is 13.2 Å². The summed E-state index contributed by atoms with van der Waals surface area (Å²) < 4.78 is 26.2. The zero-order valence-electron chi connectivity index (χ0n) is 10.9. The molecule has 21 heavy (non-hydrogen) atoms. The molecule has 7 heteroatoms. The summed E-state index contributed by atoms with van der Waals surface area (Å²) in [5.41, 5.74) is 0.605. The van der Waals surface area contributed by atoms with E-state index in [4.69, 9.17) is 11.6 Å². The molecule has 2 aromatic carbocycles. The Morgan fingerprint density at radius 2 is 1.62 bits per heavy atom. The minimum absolute atomic E-state index is 0.0550. The fraction of sp³-hybridized carbons (Fsp3) is 0.0714. The Kier molecular flexibility index (Phi) is 4.95. The molecule has 0 unspecified atom stereocenters. The number of rotatable bonds is 5. The van der Waals surface area contributed by atoms with E-state index in [9.17, 15) is 13.2 Å². The van der Waals surface area contributed by atoms with Crippen molar-refractivity contribution in [2.45, 2.75) is 4.90 Å². The highest BCUT2D eigenvalue weighted by Gasteiger charge is 2.15. The average Bonchev–Trinajstić information content (AvgIpc) is 2.47. The van der Waals surface area contributed by atoms with Crippen LogP contribution < -0.4 is 10.0 Å². The fourth-order valence-corrected chi connectivity index (χ4v) is 2.69. The first kappa shape index (κ1) is 15.5. The molecule has 0 aliphatic rings. The van der Waals surface area contributed by atoms with Crippen molar-refractivity contribution in [3.05, 3.63) is 59.6 Å². The van der Waals surface area contributed by atoms with E-state index in [-0.39, 0.29) is 11.4 Å². The van der Waals surface area contributed by atoms with Gasteiger partial charge in [-0.3, -0.25) is 4.79 Å². The molecule has 0 aliphatic heterocycles. The van der Waals surface area contributed by atoms with Gasteiger partial charge in [0.05, 0.1) is 11.4 Å². The molecule has 5 nitrogen and oxygen atoms in total. The minimum atomic E-state index is -3.73. The average molecular weight is 325 g/mol. The number of carbonyl (C=O) groups excluding carboxylic acids is 1. The van der Waals surface area contributed by atoms with Gasteiger partial charge in [0.15, 0.2) is 0 Å². The Hall–Kier alpha value is -1.89. The molecular formula is C14H13ClN2O3S. The first-order valence-electron chi connectivity index (χ1n) is 6.07. The summed E-state index contributed by atoms with van der Waals surface area (Å²) in [6, 6.07) is 14.5. The lowest BCUT2D eigenvalue weighted by molar-refractivity contribution is -0.115. The summed E-state index contributed by atoms with van der Waals surface area (Å²) in [6.45, 7) is -0.347. The van der Waals surface area contributed by atoms with Gasteiger partial charge in [0.2, 0.25) is 15.9 Å². The Bertz CT molecular complexity index is 716. The molecule has 2 aromatic rings. The van der Waals surface area contributed by atoms with Crippen LogP contribution in [0.3, 0.4) is 0 Å². The standard InChI is InChI=1S/C14H13ClN2O3S/c15-11-6-8-13(9-7-11)21(19,20)16-10-14(18)17-12-4-2-1-3-5-12/h1-9,16H,10H2,(H,17,18). The van der Waals surface area contributed by atoms with E-state index < -0.39 is 15.9 Å². The maximum absolute atomic E-state index is 12.0. The topological polar surface area (TPSA) is 75.3 Å². The van der Waals surface area contributed by atoms with Crippen LogP contribution in [0.2, 0.25) is 5.02 Å². The molecule has 0 heterocycles. The summed E-state index contributed by atoms with van der Waals surface area (Å²) in [6.07, 6.45) is 0. The molecule has 0 aromatic heterocycles. The quantitative estimate of drug-likeness (QED) is 0.885. The molecule has 0 fully saturated rings. The van der Waals surface area contributed by atoms with Crippen LogP contribution in [0.25, 0.3) is 0 Å². The molecule has 0 radical (unpaired) electrons. The minimum Gasteiger partial charge on any atom is -0.325 e. The second-order valence-corrected chi connectivity index (χ2v) is 6.40. The molecule has 0 aliphatic carbocycles. The molecule has 2 N–H and O–H groups in total. The van der Waals surface area contributed by atoms with Crippen LogP contribution >= 0.6 is 11.6 Å². The fourth-order valence-electron chi connectivity index (χ4n) is 1.58. The van der Waals surface area contributed by atoms with Crippen LogP contribution in [-0.2, 0) is 14.8 Å². The van der Waals surface area contributed by atoms with Crippen LogP contribution in [0.5, 0.6) is 0 Å². The van der Waals surface area contributed by atoms with E-state index in [0.717, 1.165) is 0 Å². The van der Waals surface area contributed by atoms with Crippen LogP contribution in [-0.4, -0.2) is 20.9 Å². The Morgan fingerprint density at radius 3 is 2.24 bits per heavy atom. The first-order chi connectivity index (χ1) is 9.97. The SMILES string of the molecule is O=C(CNS(=O)(=O)c1ccc(Cl)cc1)Nc1ccccc1. The molecule has 0 atom stereocenters. The zero-order valence-corrected chi connectivity index (χ0v) is 12.5. The maximum atomic E-state index is 12.0. The third-order valence-corrected chi connectivity index (χ3v) is 4.27. The number of sulfonamides is 1. The van der Waals surface area contributed by atoms with E-state index in [1.807, 2.05) is 6.07 Å². The van der Waals surface area contributed by atoms with Crippen LogP contribution in [0, 0.1) is 0 Å². The summed E-state index contributed by atoms with van der Waals surface area (Å²) in [4.78, 5) is 11.7. The Labute approximate surface area is 128 Å². The van der Waals surface area contributed by atoms with Gasteiger partial charge in [0, 0.05) is 10.7 Å². The Morgan fingerprint density at radius 1 is 1.00 bits per heavy atom. The van der Waals surface area contributed by atoms with Crippen molar-refractivity contribution in [2.24, 2.45) is 0 Å². The first-order valence-corrected chi connectivity index (χ1v) is 7.93. The van der Waals surface area contributed by atoms with Gasteiger partial charge in [-0.05, 0) is 36.4 Å². The van der Waals surface area contributed by atoms with Gasteiger partial charge < -0.3 is 5.32 Å². The van der Waals surface area contributed by atoms with Gasteiger partial charge in [-0.2, -0.15) is 0 Å². The van der Waals surface area contributed by atoms with Gasteiger partial charge in [-0.15, -0.1) is 0 Å². The van der Waals surface area contributed by atoms with Crippen LogP contribution in [0.1, 0.15) is 0 Å². The Balaban J connectivity index is 1.95. The maximum Gasteiger partial charge on any atom is 0.241 e. The highest BCUT2D eigenvalue weighted by molar-refractivity contribution is 7.89. The van der Waals surface area contributed by atoms with Gasteiger partial charge in [-0.25, -0.2) is 13.1 Å². The molecule has 0 saturated carbocycles. The van der Waals surface area contributed by atoms with E-state index in [0.29, 0.717) is 10.7 Å². The van der Waals surface area contributed by atoms with Gasteiger partial charge >= 0.3 is 0 Å². The predicted molar refractivity (Wildman–Crippen MR) is 81.7 cm³/mol. The lowest BCUT2D eigenvalue weighted by Gasteiger charge is -2.08. The molecular weight excluding hydrogens is 312 g/mol. The second kappa shape index (κ2) is 6.71. The molecule has 1 amide bonds. The number of para-hydroxylation sites is 1. The molecule has 2 rings (SSSR count). The number of nitrogens with one attached hydrogen (secondary N) is 2. The highest BCUT2D eigenvalue weighted by atomic mass is 35.5. The van der Waals surface area contributed by atoms with Crippen molar-refractivity contribution in [3.8, 4) is 0 Å². The molecule has 0 spiro atoms. The van der Waals surface area contributed by atoms with Crippen molar-refractivity contribution in [2.75, 3.05) is 11.9 Å². The number of carbonyl (C=O) groups is 1. The normalized spacial score (nSPS) is 11.1. The van der Waals surface area contributed by atoms with Crippen LogP contribution in [0.15, 0.2) is 59.5 Å². The number of anilines is 1. The smallest absolute Gasteiger partial charge is 0.241 e. The monoisotopic (exact) mass is 324 g/mol. The molecule has 110 valence electrons. The van der Waals surface area contributed by atoms with E-state index >= 15 is 0 Å². The van der Waals surface area contributed by atoms with Gasteiger partial charge in [-0.1, -0.05) is 29.8 Å². The summed E-state index contributed by atoms with van der Waals surface area (Å²) >= 11 is 5.70. The summed E-state index contributed by atoms with van der Waals surface area (Å²) in [5, 5.41) is 3.03. The van der Waals surface area contributed by atoms with E-state index in [2.05, 4.69) is 10.0 Å². The summed E-state index contributed by atoms with van der Waals surface area (Å²) in [5.74, 6) is -0.446. The highest BCUT2D eigenvalue weighted by Crippen LogP contribution is 2.13. The van der Waals surface area contributed by atoms with Crippen LogP contribution in [0.4, 0.5) is 5.69 Å². The van der Waals surface area contributed by atoms with Crippen molar-refractivity contribution >= 4 is 33.2 Å². The number of amides is 1. The third kappa shape index (κ3) is 4.56. The lowest BCUT2D eigenvalue weighted by Crippen LogP contribution is -2.32. The van der Waals surface area contributed by atoms with E-state index in [1.165, 1.54) is 24.3 Å².